The van der Waals surface area contributed by atoms with Gasteiger partial charge in [-0.25, -0.2) is 0 Å². The van der Waals surface area contributed by atoms with E-state index in [9.17, 15) is 0 Å². The van der Waals surface area contributed by atoms with Crippen LogP contribution < -0.4 is 10.1 Å². The van der Waals surface area contributed by atoms with Crippen molar-refractivity contribution in [2.24, 2.45) is 0 Å². The molecule has 1 saturated heterocycles. The van der Waals surface area contributed by atoms with Crippen molar-refractivity contribution in [1.29, 1.82) is 0 Å². The van der Waals surface area contributed by atoms with Crippen molar-refractivity contribution in [3.63, 3.8) is 0 Å². The summed E-state index contributed by atoms with van der Waals surface area (Å²) < 4.78 is 5.61. The minimum atomic E-state index is 0.180. The molecule has 1 heterocycles. The fourth-order valence-electron chi connectivity index (χ4n) is 2.65. The number of benzene rings is 1. The van der Waals surface area contributed by atoms with Crippen molar-refractivity contribution in [2.75, 3.05) is 20.2 Å². The minimum Gasteiger partial charge on any atom is -0.496 e. The Labute approximate surface area is 111 Å². The zero-order valence-electron chi connectivity index (χ0n) is 12.0. The van der Waals surface area contributed by atoms with Gasteiger partial charge in [0.15, 0.2) is 0 Å². The average molecular weight is 247 g/mol. The number of hydrogen-bond acceptors (Lipinski definition) is 2. The molecule has 0 saturated carbocycles. The summed E-state index contributed by atoms with van der Waals surface area (Å²) in [6, 6.07) is 6.76. The standard InChI is InChI=1S/C16H25NO/c1-16(2,3)13-5-6-14(15(11-13)18-4)12-7-9-17-10-8-12/h5-6,11-12,17H,7-10H2,1-4H3. The second-order valence-electron chi connectivity index (χ2n) is 6.23. The third kappa shape index (κ3) is 2.86. The Kier molecular flexibility index (Phi) is 3.96. The first-order valence-corrected chi connectivity index (χ1v) is 6.91. The van der Waals surface area contributed by atoms with Gasteiger partial charge in [-0.2, -0.15) is 0 Å². The zero-order chi connectivity index (χ0) is 13.2. The third-order valence-corrected chi connectivity index (χ3v) is 3.88. The van der Waals surface area contributed by atoms with E-state index in [1.807, 2.05) is 0 Å². The van der Waals surface area contributed by atoms with Crippen LogP contribution in [0.1, 0.15) is 50.7 Å². The molecule has 1 aromatic carbocycles. The van der Waals surface area contributed by atoms with Crippen LogP contribution in [-0.2, 0) is 5.41 Å². The Morgan fingerprint density at radius 3 is 2.39 bits per heavy atom. The molecule has 0 unspecified atom stereocenters. The van der Waals surface area contributed by atoms with E-state index in [0.717, 1.165) is 18.8 Å². The Bertz CT molecular complexity index is 400. The van der Waals surface area contributed by atoms with Crippen LogP contribution in [0.4, 0.5) is 0 Å². The van der Waals surface area contributed by atoms with Gasteiger partial charge in [-0.15, -0.1) is 0 Å². The van der Waals surface area contributed by atoms with Gasteiger partial charge in [0.05, 0.1) is 7.11 Å². The molecule has 1 aliphatic rings. The first kappa shape index (κ1) is 13.4. The highest BCUT2D eigenvalue weighted by Gasteiger charge is 2.21. The topological polar surface area (TPSA) is 21.3 Å². The van der Waals surface area contributed by atoms with E-state index in [2.05, 4.69) is 44.3 Å². The van der Waals surface area contributed by atoms with E-state index in [1.165, 1.54) is 24.0 Å². The van der Waals surface area contributed by atoms with Crippen molar-refractivity contribution >= 4 is 0 Å². The molecule has 2 nitrogen and oxygen atoms in total. The number of rotatable bonds is 2. The van der Waals surface area contributed by atoms with Crippen LogP contribution in [-0.4, -0.2) is 20.2 Å². The summed E-state index contributed by atoms with van der Waals surface area (Å²) in [6.45, 7) is 8.97. The number of ether oxygens (including phenoxy) is 1. The molecule has 0 radical (unpaired) electrons. The van der Waals surface area contributed by atoms with Gasteiger partial charge in [0.1, 0.15) is 5.75 Å². The summed E-state index contributed by atoms with van der Waals surface area (Å²) >= 11 is 0. The minimum absolute atomic E-state index is 0.180. The predicted molar refractivity (Wildman–Crippen MR) is 76.5 cm³/mol. The fourth-order valence-corrected chi connectivity index (χ4v) is 2.65. The SMILES string of the molecule is COc1cc(C(C)(C)C)ccc1C1CCNCC1. The van der Waals surface area contributed by atoms with E-state index < -0.39 is 0 Å². The van der Waals surface area contributed by atoms with Gasteiger partial charge in [-0.1, -0.05) is 32.9 Å². The Balaban J connectivity index is 2.30. The normalized spacial score (nSPS) is 17.8. The summed E-state index contributed by atoms with van der Waals surface area (Å²) in [5, 5.41) is 3.42. The van der Waals surface area contributed by atoms with Gasteiger partial charge in [-0.3, -0.25) is 0 Å². The highest BCUT2D eigenvalue weighted by molar-refractivity contribution is 5.42. The van der Waals surface area contributed by atoms with Gasteiger partial charge in [0, 0.05) is 0 Å². The van der Waals surface area contributed by atoms with Crippen molar-refractivity contribution in [3.05, 3.63) is 29.3 Å². The molecule has 0 atom stereocenters. The molecule has 0 spiro atoms. The van der Waals surface area contributed by atoms with Crippen LogP contribution in [0.15, 0.2) is 18.2 Å². The molecule has 0 amide bonds. The highest BCUT2D eigenvalue weighted by Crippen LogP contribution is 2.35. The number of nitrogens with one attached hydrogen (secondary N) is 1. The summed E-state index contributed by atoms with van der Waals surface area (Å²) in [7, 11) is 1.78. The van der Waals surface area contributed by atoms with Crippen molar-refractivity contribution < 1.29 is 4.74 Å². The number of piperidine rings is 1. The van der Waals surface area contributed by atoms with Crippen molar-refractivity contribution in [2.45, 2.75) is 44.9 Å². The second kappa shape index (κ2) is 5.31. The van der Waals surface area contributed by atoms with Gasteiger partial charge < -0.3 is 10.1 Å². The van der Waals surface area contributed by atoms with Crippen LogP contribution in [0.3, 0.4) is 0 Å². The number of methoxy groups -OCH3 is 1. The molecule has 100 valence electrons. The zero-order valence-corrected chi connectivity index (χ0v) is 12.0. The molecule has 0 bridgehead atoms. The van der Waals surface area contributed by atoms with Crippen LogP contribution in [0.2, 0.25) is 0 Å². The molecule has 1 aromatic rings. The fraction of sp³-hybridized carbons (Fsp3) is 0.625. The second-order valence-corrected chi connectivity index (χ2v) is 6.23. The smallest absolute Gasteiger partial charge is 0.122 e. The van der Waals surface area contributed by atoms with Crippen LogP contribution in [0, 0.1) is 0 Å². The van der Waals surface area contributed by atoms with Gasteiger partial charge >= 0.3 is 0 Å². The quantitative estimate of drug-likeness (QED) is 0.864. The largest absolute Gasteiger partial charge is 0.496 e. The van der Waals surface area contributed by atoms with Crippen LogP contribution in [0.5, 0.6) is 5.75 Å². The maximum absolute atomic E-state index is 5.61. The molecule has 1 fully saturated rings. The predicted octanol–water partition coefficient (Wildman–Crippen LogP) is 3.46. The van der Waals surface area contributed by atoms with E-state index in [1.54, 1.807) is 7.11 Å². The highest BCUT2D eigenvalue weighted by atomic mass is 16.5. The molecular weight excluding hydrogens is 222 g/mol. The maximum Gasteiger partial charge on any atom is 0.122 e. The lowest BCUT2D eigenvalue weighted by Crippen LogP contribution is -2.27. The van der Waals surface area contributed by atoms with E-state index in [-0.39, 0.29) is 5.41 Å². The van der Waals surface area contributed by atoms with Crippen molar-refractivity contribution in [3.8, 4) is 5.75 Å². The molecule has 2 heteroatoms. The lowest BCUT2D eigenvalue weighted by Gasteiger charge is -2.26. The molecule has 0 aromatic heterocycles. The number of hydrogen-bond donors (Lipinski definition) is 1. The van der Waals surface area contributed by atoms with Crippen molar-refractivity contribution in [1.82, 2.24) is 5.32 Å². The summed E-state index contributed by atoms with van der Waals surface area (Å²) in [5.74, 6) is 1.71. The van der Waals surface area contributed by atoms with E-state index in [0.29, 0.717) is 5.92 Å². The van der Waals surface area contributed by atoms with Crippen LogP contribution >= 0.6 is 0 Å². The molecule has 18 heavy (non-hydrogen) atoms. The molecule has 2 rings (SSSR count). The Morgan fingerprint density at radius 1 is 1.17 bits per heavy atom. The average Bonchev–Trinajstić information content (AvgIpc) is 2.38. The van der Waals surface area contributed by atoms with E-state index >= 15 is 0 Å². The Morgan fingerprint density at radius 2 is 1.83 bits per heavy atom. The molecular formula is C16H25NO. The first-order chi connectivity index (χ1) is 8.52. The Hall–Kier alpha value is -1.02. The molecule has 0 aliphatic carbocycles. The lowest BCUT2D eigenvalue weighted by atomic mass is 9.83. The molecule has 1 aliphatic heterocycles. The summed E-state index contributed by atoms with van der Waals surface area (Å²) in [5.41, 5.74) is 2.91. The third-order valence-electron chi connectivity index (χ3n) is 3.88. The van der Waals surface area contributed by atoms with Gasteiger partial charge in [-0.05, 0) is 54.5 Å². The molecule has 1 N–H and O–H groups in total. The van der Waals surface area contributed by atoms with E-state index in [4.69, 9.17) is 4.74 Å². The van der Waals surface area contributed by atoms with Gasteiger partial charge in [0.2, 0.25) is 0 Å². The van der Waals surface area contributed by atoms with Gasteiger partial charge in [0.25, 0.3) is 0 Å². The lowest BCUT2D eigenvalue weighted by molar-refractivity contribution is 0.390. The summed E-state index contributed by atoms with van der Waals surface area (Å²) in [6.07, 6.45) is 2.43. The first-order valence-electron chi connectivity index (χ1n) is 6.91. The summed E-state index contributed by atoms with van der Waals surface area (Å²) in [4.78, 5) is 0. The monoisotopic (exact) mass is 247 g/mol. The van der Waals surface area contributed by atoms with Crippen LogP contribution in [0.25, 0.3) is 0 Å². The maximum atomic E-state index is 5.61.